The fourth-order valence-electron chi connectivity index (χ4n) is 2.61. The number of rotatable bonds is 5. The summed E-state index contributed by atoms with van der Waals surface area (Å²) in [4.78, 5) is 16.9. The van der Waals surface area contributed by atoms with Gasteiger partial charge in [-0.25, -0.2) is 4.98 Å². The highest BCUT2D eigenvalue weighted by Gasteiger charge is 2.19. The van der Waals surface area contributed by atoms with E-state index in [4.69, 9.17) is 32.7 Å². The second kappa shape index (κ2) is 7.51. The highest BCUT2D eigenvalue weighted by molar-refractivity contribution is 6.42. The normalized spacial score (nSPS) is 17.0. The van der Waals surface area contributed by atoms with E-state index in [-0.39, 0.29) is 18.3 Å². The first-order valence-electron chi connectivity index (χ1n) is 7.72. The lowest BCUT2D eigenvalue weighted by Crippen LogP contribution is -2.17. The van der Waals surface area contributed by atoms with Crippen molar-refractivity contribution in [3.8, 4) is 5.88 Å². The Labute approximate surface area is 150 Å². The van der Waals surface area contributed by atoms with Gasteiger partial charge in [-0.3, -0.25) is 4.79 Å². The first-order valence-corrected chi connectivity index (χ1v) is 8.47. The molecule has 0 bridgehead atoms. The summed E-state index contributed by atoms with van der Waals surface area (Å²) in [6.07, 6.45) is 1.14. The van der Waals surface area contributed by atoms with Gasteiger partial charge in [0, 0.05) is 24.5 Å². The zero-order chi connectivity index (χ0) is 17.1. The van der Waals surface area contributed by atoms with Gasteiger partial charge in [0.2, 0.25) is 5.88 Å². The van der Waals surface area contributed by atoms with E-state index < -0.39 is 0 Å². The number of carbonyl (C=O) groups excluding carboxylic acids is 1. The Bertz CT molecular complexity index is 758. The van der Waals surface area contributed by atoms with Gasteiger partial charge in [0.1, 0.15) is 6.10 Å². The molecule has 0 saturated carbocycles. The number of carbonyl (C=O) groups is 1. The molecule has 1 atom stereocenters. The van der Waals surface area contributed by atoms with Gasteiger partial charge >= 0.3 is 0 Å². The maximum Gasteiger partial charge on any atom is 0.213 e. The van der Waals surface area contributed by atoms with Crippen LogP contribution in [0.3, 0.4) is 0 Å². The van der Waals surface area contributed by atoms with Crippen molar-refractivity contribution in [3.05, 3.63) is 57.2 Å². The number of halogens is 2. The maximum absolute atomic E-state index is 12.5. The van der Waals surface area contributed by atoms with E-state index >= 15 is 0 Å². The molecular formula is C18H17Cl2NO3. The molecule has 1 fully saturated rings. The van der Waals surface area contributed by atoms with Gasteiger partial charge < -0.3 is 9.47 Å². The Morgan fingerprint density at radius 2 is 2.12 bits per heavy atom. The third-order valence-electron chi connectivity index (χ3n) is 3.88. The van der Waals surface area contributed by atoms with E-state index in [1.165, 1.54) is 0 Å². The van der Waals surface area contributed by atoms with E-state index in [2.05, 4.69) is 4.98 Å². The van der Waals surface area contributed by atoms with Crippen LogP contribution in [-0.2, 0) is 11.2 Å². The molecule has 126 valence electrons. The van der Waals surface area contributed by atoms with Gasteiger partial charge in [0.05, 0.1) is 29.0 Å². The molecule has 2 heterocycles. The monoisotopic (exact) mass is 365 g/mol. The molecule has 4 nitrogen and oxygen atoms in total. The third kappa shape index (κ3) is 4.07. The van der Waals surface area contributed by atoms with E-state index in [1.807, 2.05) is 0 Å². The van der Waals surface area contributed by atoms with Gasteiger partial charge in [0.15, 0.2) is 5.78 Å². The number of pyridine rings is 1. The second-order valence-electron chi connectivity index (χ2n) is 5.73. The molecule has 0 N–H and O–H groups in total. The van der Waals surface area contributed by atoms with Crippen molar-refractivity contribution in [3.63, 3.8) is 0 Å². The number of nitrogens with zero attached hydrogens (tertiary/aromatic N) is 1. The fraction of sp³-hybridized carbons (Fsp3) is 0.333. The minimum atomic E-state index is -0.0193. The zero-order valence-electron chi connectivity index (χ0n) is 13.2. The lowest BCUT2D eigenvalue weighted by atomic mass is 10.0. The number of aryl methyl sites for hydroxylation is 1. The topological polar surface area (TPSA) is 48.4 Å². The molecule has 6 heteroatoms. The van der Waals surface area contributed by atoms with Gasteiger partial charge in [-0.2, -0.15) is 0 Å². The molecule has 0 radical (unpaired) electrons. The van der Waals surface area contributed by atoms with Crippen LogP contribution >= 0.6 is 23.2 Å². The van der Waals surface area contributed by atoms with Crippen molar-refractivity contribution >= 4 is 29.0 Å². The predicted molar refractivity (Wildman–Crippen MR) is 93.3 cm³/mol. The Balaban J connectivity index is 1.71. The molecular weight excluding hydrogens is 349 g/mol. The van der Waals surface area contributed by atoms with Crippen LogP contribution in [0.25, 0.3) is 0 Å². The number of aromatic nitrogens is 1. The molecule has 24 heavy (non-hydrogen) atoms. The van der Waals surface area contributed by atoms with Crippen LogP contribution in [0.2, 0.25) is 10.0 Å². The van der Waals surface area contributed by atoms with Gasteiger partial charge in [-0.1, -0.05) is 29.3 Å². The maximum atomic E-state index is 12.5. The Kier molecular flexibility index (Phi) is 5.39. The van der Waals surface area contributed by atoms with Gasteiger partial charge in [-0.15, -0.1) is 0 Å². The average molecular weight is 366 g/mol. The van der Waals surface area contributed by atoms with Crippen LogP contribution < -0.4 is 4.74 Å². The van der Waals surface area contributed by atoms with Crippen LogP contribution in [0.5, 0.6) is 5.88 Å². The van der Waals surface area contributed by atoms with Crippen LogP contribution in [0.1, 0.15) is 28.0 Å². The minimum absolute atomic E-state index is 0.0193. The van der Waals surface area contributed by atoms with Crippen molar-refractivity contribution in [2.45, 2.75) is 25.9 Å². The number of ketones is 1. The minimum Gasteiger partial charge on any atom is -0.472 e. The van der Waals surface area contributed by atoms with E-state index in [1.54, 1.807) is 37.3 Å². The van der Waals surface area contributed by atoms with E-state index in [0.29, 0.717) is 40.4 Å². The quantitative estimate of drug-likeness (QED) is 0.741. The summed E-state index contributed by atoms with van der Waals surface area (Å²) in [7, 11) is 0. The van der Waals surface area contributed by atoms with Crippen LogP contribution in [-0.4, -0.2) is 30.1 Å². The average Bonchev–Trinajstić information content (AvgIpc) is 3.04. The Morgan fingerprint density at radius 3 is 2.79 bits per heavy atom. The van der Waals surface area contributed by atoms with Gasteiger partial charge in [-0.05, 0) is 30.7 Å². The molecule has 0 amide bonds. The summed E-state index contributed by atoms with van der Waals surface area (Å²) in [6, 6.07) is 8.69. The Hall–Kier alpha value is -1.62. The molecule has 2 aromatic rings. The Morgan fingerprint density at radius 1 is 1.29 bits per heavy atom. The van der Waals surface area contributed by atoms with Crippen molar-refractivity contribution < 1.29 is 14.3 Å². The molecule has 1 aliphatic rings. The molecule has 1 saturated heterocycles. The third-order valence-corrected chi connectivity index (χ3v) is 4.62. The van der Waals surface area contributed by atoms with Crippen molar-refractivity contribution in [1.82, 2.24) is 4.98 Å². The van der Waals surface area contributed by atoms with Crippen LogP contribution in [0.4, 0.5) is 0 Å². The number of hydrogen-bond donors (Lipinski definition) is 0. The van der Waals surface area contributed by atoms with Crippen molar-refractivity contribution in [1.29, 1.82) is 0 Å². The number of hydrogen-bond acceptors (Lipinski definition) is 4. The standard InChI is InChI=1S/C18H17Cl2NO3/c1-11-14(3-5-18(21-11)24-13-6-7-23-10-13)17(22)9-12-2-4-15(19)16(20)8-12/h2-5,8,13H,6-7,9-10H2,1H3. The molecule has 0 aliphatic carbocycles. The summed E-state index contributed by atoms with van der Waals surface area (Å²) in [6.45, 7) is 3.10. The molecule has 0 spiro atoms. The van der Waals surface area contributed by atoms with Crippen molar-refractivity contribution in [2.24, 2.45) is 0 Å². The predicted octanol–water partition coefficient (Wildman–Crippen LogP) is 4.29. The highest BCUT2D eigenvalue weighted by atomic mass is 35.5. The highest BCUT2D eigenvalue weighted by Crippen LogP contribution is 2.24. The fourth-order valence-corrected chi connectivity index (χ4v) is 2.93. The van der Waals surface area contributed by atoms with E-state index in [0.717, 1.165) is 12.0 Å². The van der Waals surface area contributed by atoms with Crippen molar-refractivity contribution in [2.75, 3.05) is 13.2 Å². The summed E-state index contributed by atoms with van der Waals surface area (Å²) in [5.41, 5.74) is 2.05. The summed E-state index contributed by atoms with van der Waals surface area (Å²) >= 11 is 11.9. The lowest BCUT2D eigenvalue weighted by molar-refractivity contribution is 0.0991. The lowest BCUT2D eigenvalue weighted by Gasteiger charge is -2.12. The summed E-state index contributed by atoms with van der Waals surface area (Å²) < 4.78 is 11.0. The van der Waals surface area contributed by atoms with Crippen LogP contribution in [0, 0.1) is 6.92 Å². The second-order valence-corrected chi connectivity index (χ2v) is 6.55. The largest absolute Gasteiger partial charge is 0.472 e. The molecule has 1 unspecified atom stereocenters. The summed E-state index contributed by atoms with van der Waals surface area (Å²) in [5, 5.41) is 0.919. The number of ether oxygens (including phenoxy) is 2. The van der Waals surface area contributed by atoms with Gasteiger partial charge in [0.25, 0.3) is 0 Å². The zero-order valence-corrected chi connectivity index (χ0v) is 14.7. The summed E-state index contributed by atoms with van der Waals surface area (Å²) in [5.74, 6) is 0.503. The molecule has 1 aromatic carbocycles. The molecule has 1 aromatic heterocycles. The molecule has 1 aliphatic heterocycles. The number of benzene rings is 1. The first kappa shape index (κ1) is 17.2. The van der Waals surface area contributed by atoms with E-state index in [9.17, 15) is 4.79 Å². The SMILES string of the molecule is Cc1nc(OC2CCOC2)ccc1C(=O)Cc1ccc(Cl)c(Cl)c1. The first-order chi connectivity index (χ1) is 11.5. The smallest absolute Gasteiger partial charge is 0.213 e. The number of Topliss-reactive ketones (excluding diaryl/α,β-unsaturated/α-hetero) is 1. The molecule has 3 rings (SSSR count). The van der Waals surface area contributed by atoms with Crippen LogP contribution in [0.15, 0.2) is 30.3 Å².